The first kappa shape index (κ1) is 14.2. The zero-order chi connectivity index (χ0) is 14.7. The lowest BCUT2D eigenvalue weighted by molar-refractivity contribution is -0.991. The first-order chi connectivity index (χ1) is 9.45. The van der Waals surface area contributed by atoms with Crippen LogP contribution in [0, 0.1) is 5.21 Å². The highest BCUT2D eigenvalue weighted by molar-refractivity contribution is 5.96. The number of aliphatic imine (C=N–C) groups is 1. The van der Waals surface area contributed by atoms with Crippen molar-refractivity contribution < 1.29 is 25.4 Å². The van der Waals surface area contributed by atoms with Gasteiger partial charge < -0.3 is 26.1 Å². The Labute approximate surface area is 113 Å². The molecule has 20 heavy (non-hydrogen) atoms. The molecule has 1 heterocycles. The van der Waals surface area contributed by atoms with E-state index in [4.69, 9.17) is 10.3 Å². The van der Waals surface area contributed by atoms with Crippen LogP contribution < -0.4 is 15.9 Å². The number of nitrogens with zero attached hydrogens (tertiary/aromatic N) is 1. The van der Waals surface area contributed by atoms with Crippen LogP contribution in [0.4, 0.5) is 11.4 Å². The first-order valence-electron chi connectivity index (χ1n) is 5.81. The number of hydrogen-bond acceptors (Lipinski definition) is 7. The van der Waals surface area contributed by atoms with Crippen molar-refractivity contribution in [3.8, 4) is 0 Å². The number of nitrogens with one attached hydrogen (secondary N) is 3. The fourth-order valence-electron chi connectivity index (χ4n) is 1.70. The van der Waals surface area contributed by atoms with Gasteiger partial charge in [0.05, 0.1) is 18.2 Å². The quantitative estimate of drug-likeness (QED) is 0.371. The molecule has 0 radical (unpaired) electrons. The van der Waals surface area contributed by atoms with E-state index in [1.807, 2.05) is 0 Å². The minimum atomic E-state index is -1.22. The van der Waals surface area contributed by atoms with Gasteiger partial charge in [0, 0.05) is 24.4 Å². The molecule has 9 nitrogen and oxygen atoms in total. The second-order valence-corrected chi connectivity index (χ2v) is 4.26. The van der Waals surface area contributed by atoms with E-state index in [1.165, 1.54) is 12.1 Å². The van der Waals surface area contributed by atoms with Crippen molar-refractivity contribution in [2.75, 3.05) is 18.4 Å². The molecule has 1 aliphatic heterocycles. The third-order valence-corrected chi connectivity index (χ3v) is 2.65. The van der Waals surface area contributed by atoms with Crippen LogP contribution in [-0.2, 0) is 0 Å². The summed E-state index contributed by atoms with van der Waals surface area (Å²) in [5.41, 5.74) is 0.0256. The van der Waals surface area contributed by atoms with E-state index in [9.17, 15) is 15.1 Å². The molecule has 108 valence electrons. The maximum Gasteiger partial charge on any atom is 0.335 e. The summed E-state index contributed by atoms with van der Waals surface area (Å²) in [7, 11) is 0. The summed E-state index contributed by atoms with van der Waals surface area (Å²) in [4.78, 5) is 15.0. The molecule has 0 spiro atoms. The summed E-state index contributed by atoms with van der Waals surface area (Å²) in [6, 6.07) is 3.70. The second kappa shape index (κ2) is 5.84. The van der Waals surface area contributed by atoms with Crippen molar-refractivity contribution in [3.63, 3.8) is 0 Å². The number of benzene rings is 1. The zero-order valence-corrected chi connectivity index (χ0v) is 10.3. The predicted molar refractivity (Wildman–Crippen MR) is 69.1 cm³/mol. The fourth-order valence-corrected chi connectivity index (χ4v) is 1.70. The minimum absolute atomic E-state index is 0.135. The Kier molecular flexibility index (Phi) is 4.15. The number of β-amino-alcohol motifs (C(OH)–C–C–N with tert-alkyl or cyclic N) is 1. The molecule has 6 N–H and O–H groups in total. The molecule has 9 heteroatoms. The lowest BCUT2D eigenvalue weighted by Gasteiger charge is -2.20. The van der Waals surface area contributed by atoms with E-state index in [1.54, 1.807) is 0 Å². The highest BCUT2D eigenvalue weighted by atomic mass is 16.8. The Morgan fingerprint density at radius 3 is 2.80 bits per heavy atom. The first-order valence-corrected chi connectivity index (χ1v) is 5.81. The molecule has 1 aliphatic rings. The van der Waals surface area contributed by atoms with Crippen molar-refractivity contribution in [1.82, 2.24) is 5.32 Å². The molecule has 0 saturated carbocycles. The predicted octanol–water partition coefficient (Wildman–Crippen LogP) is -1.48. The monoisotopic (exact) mass is 282 g/mol. The Hall–Kier alpha value is -2.20. The molecule has 0 fully saturated rings. The smallest absolute Gasteiger partial charge is 0.335 e. The highest BCUT2D eigenvalue weighted by Gasteiger charge is 2.15. The molecule has 0 amide bonds. The van der Waals surface area contributed by atoms with Gasteiger partial charge >= 0.3 is 5.97 Å². The summed E-state index contributed by atoms with van der Waals surface area (Å²) < 4.78 is 0. The van der Waals surface area contributed by atoms with Crippen molar-refractivity contribution in [1.29, 1.82) is 0 Å². The van der Waals surface area contributed by atoms with Crippen LogP contribution in [0.2, 0.25) is 0 Å². The number of aromatic carboxylic acids is 1. The molecule has 1 aromatic carbocycles. The lowest BCUT2D eigenvalue weighted by atomic mass is 10.1. The lowest BCUT2D eigenvalue weighted by Crippen LogP contribution is -2.99. The van der Waals surface area contributed by atoms with Crippen molar-refractivity contribution >= 4 is 23.3 Å². The SMILES string of the molecule is O=C(O)c1cc(NC2=NCC(O)CN2)cc([NH+]([O-])O)c1. The fraction of sp³-hybridized carbons (Fsp3) is 0.273. The molecule has 0 bridgehead atoms. The Morgan fingerprint density at radius 1 is 1.50 bits per heavy atom. The summed E-state index contributed by atoms with van der Waals surface area (Å²) in [5.74, 6) is -0.862. The molecule has 2 unspecified atom stereocenters. The van der Waals surface area contributed by atoms with Gasteiger partial charge in [-0.25, -0.2) is 10.0 Å². The maximum absolute atomic E-state index is 11.0. The Balaban J connectivity index is 2.24. The number of aliphatic hydroxyl groups excluding tert-OH is 1. The van der Waals surface area contributed by atoms with E-state index in [2.05, 4.69) is 15.6 Å². The maximum atomic E-state index is 11.0. The Morgan fingerprint density at radius 2 is 2.25 bits per heavy atom. The van der Waals surface area contributed by atoms with Gasteiger partial charge in [-0.3, -0.25) is 4.99 Å². The van der Waals surface area contributed by atoms with Gasteiger partial charge in [0.25, 0.3) is 0 Å². The molecule has 0 aliphatic carbocycles. The van der Waals surface area contributed by atoms with E-state index in [-0.39, 0.29) is 17.8 Å². The molecule has 1 aromatic rings. The van der Waals surface area contributed by atoms with Gasteiger partial charge in [0.15, 0.2) is 11.6 Å². The third-order valence-electron chi connectivity index (χ3n) is 2.65. The normalized spacial score (nSPS) is 19.8. The number of carboxylic acids is 1. The summed E-state index contributed by atoms with van der Waals surface area (Å²) in [6.45, 7) is 0.538. The topological polar surface area (TPSA) is 142 Å². The van der Waals surface area contributed by atoms with E-state index in [0.717, 1.165) is 6.07 Å². The van der Waals surface area contributed by atoms with E-state index in [0.29, 0.717) is 18.2 Å². The molecule has 2 atom stereocenters. The number of guanidine groups is 1. The van der Waals surface area contributed by atoms with Crippen molar-refractivity contribution in [3.05, 3.63) is 29.0 Å². The number of carboxylic acid groups (broad SMARTS) is 1. The summed E-state index contributed by atoms with van der Waals surface area (Å²) in [5, 5.41) is 42.5. The third kappa shape index (κ3) is 3.42. The molecule has 0 saturated heterocycles. The van der Waals surface area contributed by atoms with E-state index >= 15 is 0 Å². The van der Waals surface area contributed by atoms with Crippen LogP contribution in [0.15, 0.2) is 23.2 Å². The molecule has 0 aromatic heterocycles. The average molecular weight is 282 g/mol. The highest BCUT2D eigenvalue weighted by Crippen LogP contribution is 2.16. The number of anilines is 1. The van der Waals surface area contributed by atoms with Crippen molar-refractivity contribution in [2.24, 2.45) is 4.99 Å². The summed E-state index contributed by atoms with van der Waals surface area (Å²) >= 11 is 0. The molecular weight excluding hydrogens is 268 g/mol. The largest absolute Gasteiger partial charge is 0.595 e. The van der Waals surface area contributed by atoms with Gasteiger partial charge in [0.1, 0.15) is 0 Å². The second-order valence-electron chi connectivity index (χ2n) is 4.26. The van der Waals surface area contributed by atoms with E-state index < -0.39 is 17.3 Å². The van der Waals surface area contributed by atoms with Gasteiger partial charge in [-0.05, 0) is 6.07 Å². The van der Waals surface area contributed by atoms with Crippen LogP contribution in [0.5, 0.6) is 0 Å². The number of quaternary nitrogens is 1. The van der Waals surface area contributed by atoms with Crippen LogP contribution in [0.25, 0.3) is 0 Å². The number of aliphatic hydroxyl groups is 1. The Bertz CT molecular complexity index is 546. The molecular formula is C11H14N4O5. The number of carbonyl (C=O) groups is 1. The van der Waals surface area contributed by atoms with Crippen molar-refractivity contribution in [2.45, 2.75) is 6.10 Å². The standard InChI is InChI=1S/C11H14N4O5/c16-9-4-12-11(13-5-9)14-7-1-6(10(17)18)2-8(3-7)15(19)20/h1-3,9,15-16,19H,4-5H2,(H,17,18)(H2,12,13,14). The number of rotatable bonds is 3. The van der Waals surface area contributed by atoms with Crippen LogP contribution in [0.1, 0.15) is 10.4 Å². The van der Waals surface area contributed by atoms with Gasteiger partial charge in [-0.1, -0.05) is 0 Å². The van der Waals surface area contributed by atoms with Crippen LogP contribution >= 0.6 is 0 Å². The summed E-state index contributed by atoms with van der Waals surface area (Å²) in [6.07, 6.45) is -0.569. The number of hydrogen-bond donors (Lipinski definition) is 6. The average Bonchev–Trinajstić information content (AvgIpc) is 2.41. The van der Waals surface area contributed by atoms with Crippen LogP contribution in [0.3, 0.4) is 0 Å². The van der Waals surface area contributed by atoms with Gasteiger partial charge in [-0.15, -0.1) is 0 Å². The zero-order valence-electron chi connectivity index (χ0n) is 10.3. The van der Waals surface area contributed by atoms with Gasteiger partial charge in [0.2, 0.25) is 0 Å². The van der Waals surface area contributed by atoms with Crippen LogP contribution in [-0.4, -0.2) is 46.5 Å². The minimum Gasteiger partial charge on any atom is -0.595 e. The molecule has 2 rings (SSSR count). The van der Waals surface area contributed by atoms with Gasteiger partial charge in [-0.2, -0.15) is 5.23 Å².